The average Bonchev–Trinajstić information content (AvgIpc) is 2.75. The summed E-state index contributed by atoms with van der Waals surface area (Å²) in [5.41, 5.74) is 9.12. The van der Waals surface area contributed by atoms with Crippen LogP contribution in [0.15, 0.2) is 30.7 Å². The third-order valence-electron chi connectivity index (χ3n) is 3.02. The summed E-state index contributed by atoms with van der Waals surface area (Å²) in [5, 5.41) is 8.96. The van der Waals surface area contributed by atoms with E-state index in [1.165, 1.54) is 0 Å². The van der Waals surface area contributed by atoms with Crippen molar-refractivity contribution in [2.24, 2.45) is 7.05 Å². The lowest BCUT2D eigenvalue weighted by Gasteiger charge is -2.15. The molecule has 1 atom stereocenters. The number of imidazole rings is 1. The van der Waals surface area contributed by atoms with Crippen LogP contribution in [0.1, 0.15) is 29.7 Å². The lowest BCUT2D eigenvalue weighted by Crippen LogP contribution is -2.06. The first kappa shape index (κ1) is 11.2. The lowest BCUT2D eigenvalue weighted by molar-refractivity contribution is 0.770. The van der Waals surface area contributed by atoms with Gasteiger partial charge in [-0.25, -0.2) is 4.98 Å². The van der Waals surface area contributed by atoms with Gasteiger partial charge >= 0.3 is 0 Å². The summed E-state index contributed by atoms with van der Waals surface area (Å²) >= 11 is 0. The number of hydrogen-bond donors (Lipinski definition) is 1. The van der Waals surface area contributed by atoms with E-state index in [9.17, 15) is 0 Å². The fourth-order valence-corrected chi connectivity index (χ4v) is 2.00. The number of rotatable bonds is 2. The molecule has 1 aromatic heterocycles. The van der Waals surface area contributed by atoms with Crippen molar-refractivity contribution in [1.82, 2.24) is 9.55 Å². The molecule has 0 aliphatic heterocycles. The maximum absolute atomic E-state index is 8.96. The second-order valence-electron chi connectivity index (χ2n) is 4.07. The van der Waals surface area contributed by atoms with Gasteiger partial charge in [0, 0.05) is 24.9 Å². The zero-order valence-corrected chi connectivity index (χ0v) is 9.88. The number of nitrogens with zero attached hydrogens (tertiary/aromatic N) is 3. The van der Waals surface area contributed by atoms with Crippen molar-refractivity contribution in [3.05, 3.63) is 47.5 Å². The van der Waals surface area contributed by atoms with Gasteiger partial charge in [0.25, 0.3) is 0 Å². The number of hydrogen-bond acceptors (Lipinski definition) is 3. The van der Waals surface area contributed by atoms with Crippen molar-refractivity contribution in [2.75, 3.05) is 5.73 Å². The Morgan fingerprint density at radius 2 is 2.24 bits per heavy atom. The number of para-hydroxylation sites is 1. The molecule has 4 nitrogen and oxygen atoms in total. The van der Waals surface area contributed by atoms with E-state index in [0.29, 0.717) is 11.3 Å². The predicted molar refractivity (Wildman–Crippen MR) is 66.3 cm³/mol. The molecule has 0 aliphatic carbocycles. The highest BCUT2D eigenvalue weighted by molar-refractivity contribution is 5.61. The van der Waals surface area contributed by atoms with Crippen molar-refractivity contribution in [3.8, 4) is 6.07 Å². The first-order valence-corrected chi connectivity index (χ1v) is 5.40. The Hall–Kier alpha value is -2.28. The van der Waals surface area contributed by atoms with E-state index in [1.807, 2.05) is 29.9 Å². The third-order valence-corrected chi connectivity index (χ3v) is 3.02. The zero-order valence-electron chi connectivity index (χ0n) is 9.88. The summed E-state index contributed by atoms with van der Waals surface area (Å²) in [4.78, 5) is 4.10. The van der Waals surface area contributed by atoms with E-state index in [0.717, 1.165) is 11.3 Å². The standard InChI is InChI=1S/C13H14N4/c1-9(12-7-16-8-17(12)2)11-5-3-4-10(6-14)13(11)15/h3-5,7-9H,15H2,1-2H3. The van der Waals surface area contributed by atoms with Crippen LogP contribution < -0.4 is 5.73 Å². The first-order chi connectivity index (χ1) is 8.15. The van der Waals surface area contributed by atoms with Crippen LogP contribution in [0.5, 0.6) is 0 Å². The van der Waals surface area contributed by atoms with E-state index >= 15 is 0 Å². The molecule has 0 saturated carbocycles. The normalized spacial score (nSPS) is 12.1. The summed E-state index contributed by atoms with van der Waals surface area (Å²) in [6.07, 6.45) is 3.58. The van der Waals surface area contributed by atoms with Crippen molar-refractivity contribution < 1.29 is 0 Å². The molecule has 86 valence electrons. The van der Waals surface area contributed by atoms with Crippen molar-refractivity contribution in [2.45, 2.75) is 12.8 Å². The molecule has 1 unspecified atom stereocenters. The van der Waals surface area contributed by atoms with Crippen LogP contribution in [0.4, 0.5) is 5.69 Å². The van der Waals surface area contributed by atoms with Gasteiger partial charge in [0.15, 0.2) is 0 Å². The number of nitriles is 1. The molecule has 17 heavy (non-hydrogen) atoms. The maximum Gasteiger partial charge on any atom is 0.101 e. The van der Waals surface area contributed by atoms with Gasteiger partial charge in [0.05, 0.1) is 17.6 Å². The van der Waals surface area contributed by atoms with E-state index in [4.69, 9.17) is 11.0 Å². The summed E-state index contributed by atoms with van der Waals surface area (Å²) in [5.74, 6) is 0.121. The molecule has 1 heterocycles. The zero-order chi connectivity index (χ0) is 12.4. The van der Waals surface area contributed by atoms with Gasteiger partial charge < -0.3 is 10.3 Å². The monoisotopic (exact) mass is 226 g/mol. The van der Waals surface area contributed by atoms with Crippen LogP contribution in [0.2, 0.25) is 0 Å². The molecule has 0 aliphatic rings. The average molecular weight is 226 g/mol. The molecule has 2 rings (SSSR count). The topological polar surface area (TPSA) is 67.6 Å². The molecule has 0 saturated heterocycles. The van der Waals surface area contributed by atoms with Crippen LogP contribution in [-0.2, 0) is 7.05 Å². The molecule has 0 amide bonds. The number of nitrogen functional groups attached to an aromatic ring is 1. The van der Waals surface area contributed by atoms with Crippen molar-refractivity contribution in [3.63, 3.8) is 0 Å². The number of benzene rings is 1. The molecule has 1 aromatic carbocycles. The minimum atomic E-state index is 0.121. The maximum atomic E-state index is 8.96. The molecule has 2 N–H and O–H groups in total. The molecule has 0 radical (unpaired) electrons. The van der Waals surface area contributed by atoms with Crippen molar-refractivity contribution >= 4 is 5.69 Å². The Kier molecular flexibility index (Phi) is 2.84. The van der Waals surface area contributed by atoms with Gasteiger partial charge in [-0.3, -0.25) is 0 Å². The van der Waals surface area contributed by atoms with E-state index < -0.39 is 0 Å². The highest BCUT2D eigenvalue weighted by atomic mass is 15.0. The molecule has 0 bridgehead atoms. The van der Waals surface area contributed by atoms with E-state index in [1.54, 1.807) is 12.4 Å². The smallest absolute Gasteiger partial charge is 0.101 e. The second kappa shape index (κ2) is 4.30. The molecular weight excluding hydrogens is 212 g/mol. The molecular formula is C13H14N4. The molecule has 2 aromatic rings. The summed E-state index contributed by atoms with van der Waals surface area (Å²) in [6, 6.07) is 7.64. The minimum absolute atomic E-state index is 0.121. The van der Waals surface area contributed by atoms with Gasteiger partial charge in [0.2, 0.25) is 0 Å². The molecule has 0 spiro atoms. The summed E-state index contributed by atoms with van der Waals surface area (Å²) in [6.45, 7) is 2.06. The Balaban J connectivity index is 2.49. The van der Waals surface area contributed by atoms with Gasteiger partial charge in [-0.05, 0) is 11.6 Å². The number of nitrogens with two attached hydrogens (primary N) is 1. The Bertz CT molecular complexity index is 577. The van der Waals surface area contributed by atoms with Crippen molar-refractivity contribution in [1.29, 1.82) is 5.26 Å². The highest BCUT2D eigenvalue weighted by Gasteiger charge is 2.15. The SMILES string of the molecule is CC(c1cccc(C#N)c1N)c1cncn1C. The lowest BCUT2D eigenvalue weighted by atomic mass is 9.94. The van der Waals surface area contributed by atoms with Gasteiger partial charge in [-0.1, -0.05) is 19.1 Å². The van der Waals surface area contributed by atoms with Crippen LogP contribution in [-0.4, -0.2) is 9.55 Å². The van der Waals surface area contributed by atoms with Gasteiger partial charge in [0.1, 0.15) is 6.07 Å². The minimum Gasteiger partial charge on any atom is -0.397 e. The number of anilines is 1. The Labute approximate surface area is 100 Å². The predicted octanol–water partition coefficient (Wildman–Crippen LogP) is 2.03. The van der Waals surface area contributed by atoms with Gasteiger partial charge in [-0.15, -0.1) is 0 Å². The quantitative estimate of drug-likeness (QED) is 0.796. The van der Waals surface area contributed by atoms with Gasteiger partial charge in [-0.2, -0.15) is 5.26 Å². The number of aromatic nitrogens is 2. The Morgan fingerprint density at radius 1 is 1.47 bits per heavy atom. The third kappa shape index (κ3) is 1.87. The van der Waals surface area contributed by atoms with E-state index in [2.05, 4.69) is 18.0 Å². The summed E-state index contributed by atoms with van der Waals surface area (Å²) in [7, 11) is 1.95. The molecule has 0 fully saturated rings. The van der Waals surface area contributed by atoms with Crippen LogP contribution in [0, 0.1) is 11.3 Å². The van der Waals surface area contributed by atoms with Crippen LogP contribution in [0.25, 0.3) is 0 Å². The van der Waals surface area contributed by atoms with Crippen LogP contribution in [0.3, 0.4) is 0 Å². The Morgan fingerprint density at radius 3 is 2.82 bits per heavy atom. The number of aryl methyl sites for hydroxylation is 1. The first-order valence-electron chi connectivity index (χ1n) is 5.40. The largest absolute Gasteiger partial charge is 0.397 e. The fraction of sp³-hybridized carbons (Fsp3) is 0.231. The second-order valence-corrected chi connectivity index (χ2v) is 4.07. The van der Waals surface area contributed by atoms with Crippen LogP contribution >= 0.6 is 0 Å². The fourth-order valence-electron chi connectivity index (χ4n) is 2.00. The highest BCUT2D eigenvalue weighted by Crippen LogP contribution is 2.29. The molecule has 4 heteroatoms. The van der Waals surface area contributed by atoms with E-state index in [-0.39, 0.29) is 5.92 Å². The summed E-state index contributed by atoms with van der Waals surface area (Å²) < 4.78 is 1.96.